The van der Waals surface area contributed by atoms with Gasteiger partial charge in [0.15, 0.2) is 15.6 Å². The molecule has 0 amide bonds. The maximum Gasteiger partial charge on any atom is 0.191 e. The molecular formula is C11H6N6S. The topological polar surface area (TPSA) is 101 Å². The highest BCUT2D eigenvalue weighted by Gasteiger charge is 2.07. The molecule has 3 rings (SSSR count). The molecule has 0 aliphatic carbocycles. The summed E-state index contributed by atoms with van der Waals surface area (Å²) in [7, 11) is 0. The number of fused-ring (bicyclic) bond motifs is 1. The first kappa shape index (κ1) is 10.6. The number of hydrogen-bond acceptors (Lipinski definition) is 7. The van der Waals surface area contributed by atoms with Crippen LogP contribution in [0.25, 0.3) is 21.9 Å². The van der Waals surface area contributed by atoms with Crippen LogP contribution in [0.3, 0.4) is 0 Å². The molecule has 3 aromatic rings. The van der Waals surface area contributed by atoms with Crippen LogP contribution in [0, 0.1) is 11.3 Å². The summed E-state index contributed by atoms with van der Waals surface area (Å²) in [6.07, 6.45) is 3.10. The molecule has 0 aliphatic heterocycles. The van der Waals surface area contributed by atoms with Gasteiger partial charge in [0.05, 0.1) is 17.5 Å². The van der Waals surface area contributed by atoms with E-state index in [0.717, 1.165) is 0 Å². The molecule has 3 heterocycles. The number of nitrogen functional groups attached to an aromatic ring is 1. The van der Waals surface area contributed by atoms with E-state index in [1.54, 1.807) is 18.3 Å². The standard InChI is InChI=1S/C11H6N6S/c12-3-6-1-2-7(14-4-6)8-5-15-9-10(16-8)18-11(13)17-9/h1-2,4-5H,(H2,13,15,17). The number of rotatable bonds is 1. The van der Waals surface area contributed by atoms with Gasteiger partial charge in [0.25, 0.3) is 0 Å². The monoisotopic (exact) mass is 254 g/mol. The molecule has 0 fully saturated rings. The summed E-state index contributed by atoms with van der Waals surface area (Å²) >= 11 is 1.28. The van der Waals surface area contributed by atoms with Crippen LogP contribution in [-0.2, 0) is 0 Å². The molecule has 0 spiro atoms. The van der Waals surface area contributed by atoms with Crippen LogP contribution in [0.4, 0.5) is 5.13 Å². The molecule has 0 bridgehead atoms. The fourth-order valence-electron chi connectivity index (χ4n) is 1.47. The van der Waals surface area contributed by atoms with Gasteiger partial charge < -0.3 is 5.73 Å². The normalized spacial score (nSPS) is 10.4. The second-order valence-electron chi connectivity index (χ2n) is 3.48. The number of thiazole rings is 1. The van der Waals surface area contributed by atoms with Crippen LogP contribution in [0.2, 0.25) is 0 Å². The summed E-state index contributed by atoms with van der Waals surface area (Å²) < 4.78 is 0. The maximum absolute atomic E-state index is 8.70. The highest BCUT2D eigenvalue weighted by Crippen LogP contribution is 2.23. The zero-order valence-electron chi connectivity index (χ0n) is 9.03. The second kappa shape index (κ2) is 4.01. The quantitative estimate of drug-likeness (QED) is 0.707. The number of anilines is 1. The van der Waals surface area contributed by atoms with E-state index in [-0.39, 0.29) is 0 Å². The van der Waals surface area contributed by atoms with Crippen molar-refractivity contribution in [2.75, 3.05) is 5.73 Å². The van der Waals surface area contributed by atoms with Crippen molar-refractivity contribution in [3.8, 4) is 17.5 Å². The molecule has 0 aromatic carbocycles. The summed E-state index contributed by atoms with van der Waals surface area (Å²) in [5.41, 5.74) is 7.94. The third-order valence-corrected chi connectivity index (χ3v) is 3.06. The molecule has 0 aliphatic rings. The molecule has 86 valence electrons. The predicted octanol–water partition coefficient (Wildman–Crippen LogP) is 1.60. The molecule has 7 heteroatoms. The SMILES string of the molecule is N#Cc1ccc(-c2cnc3nc(N)sc3n2)nc1. The van der Waals surface area contributed by atoms with Gasteiger partial charge in [-0.25, -0.2) is 9.97 Å². The van der Waals surface area contributed by atoms with Gasteiger partial charge in [-0.1, -0.05) is 11.3 Å². The summed E-state index contributed by atoms with van der Waals surface area (Å²) in [6.45, 7) is 0. The number of aromatic nitrogens is 4. The highest BCUT2D eigenvalue weighted by molar-refractivity contribution is 7.21. The first-order chi connectivity index (χ1) is 8.76. The van der Waals surface area contributed by atoms with Gasteiger partial charge in [-0.3, -0.25) is 4.98 Å². The molecule has 3 aromatic heterocycles. The van der Waals surface area contributed by atoms with E-state index < -0.39 is 0 Å². The summed E-state index contributed by atoms with van der Waals surface area (Å²) in [5.74, 6) is 0. The molecule has 0 saturated heterocycles. The van der Waals surface area contributed by atoms with Crippen molar-refractivity contribution < 1.29 is 0 Å². The number of nitrogens with zero attached hydrogens (tertiary/aromatic N) is 5. The lowest BCUT2D eigenvalue weighted by Crippen LogP contribution is -1.90. The van der Waals surface area contributed by atoms with E-state index in [9.17, 15) is 0 Å². The zero-order chi connectivity index (χ0) is 12.5. The molecule has 0 atom stereocenters. The third kappa shape index (κ3) is 1.74. The average Bonchev–Trinajstić information content (AvgIpc) is 2.78. The Kier molecular flexibility index (Phi) is 2.35. The Bertz CT molecular complexity index is 755. The van der Waals surface area contributed by atoms with Crippen molar-refractivity contribution in [3.05, 3.63) is 30.1 Å². The van der Waals surface area contributed by atoms with Crippen molar-refractivity contribution >= 4 is 26.9 Å². The third-order valence-electron chi connectivity index (χ3n) is 2.29. The first-order valence-electron chi connectivity index (χ1n) is 5.02. The van der Waals surface area contributed by atoms with Gasteiger partial charge in [-0.05, 0) is 12.1 Å². The molecule has 0 radical (unpaired) electrons. The van der Waals surface area contributed by atoms with Crippen LogP contribution in [0.5, 0.6) is 0 Å². The first-order valence-corrected chi connectivity index (χ1v) is 5.83. The Morgan fingerprint density at radius 1 is 1.11 bits per heavy atom. The Balaban J connectivity index is 2.10. The largest absolute Gasteiger partial charge is 0.375 e. The summed E-state index contributed by atoms with van der Waals surface area (Å²) in [6, 6.07) is 5.44. The number of nitrogens with two attached hydrogens (primary N) is 1. The van der Waals surface area contributed by atoms with Crippen LogP contribution in [-0.4, -0.2) is 19.9 Å². The lowest BCUT2D eigenvalue weighted by atomic mass is 10.2. The molecule has 6 nitrogen and oxygen atoms in total. The number of nitriles is 1. The van der Waals surface area contributed by atoms with Crippen LogP contribution >= 0.6 is 11.3 Å². The molecule has 0 unspecified atom stereocenters. The Morgan fingerprint density at radius 2 is 2.00 bits per heavy atom. The average molecular weight is 254 g/mol. The summed E-state index contributed by atoms with van der Waals surface area (Å²) in [5, 5.41) is 9.14. The summed E-state index contributed by atoms with van der Waals surface area (Å²) in [4.78, 5) is 17.4. The predicted molar refractivity (Wildman–Crippen MR) is 67.6 cm³/mol. The van der Waals surface area contributed by atoms with Gasteiger partial charge in [-0.2, -0.15) is 10.2 Å². The Morgan fingerprint density at radius 3 is 2.72 bits per heavy atom. The fourth-order valence-corrected chi connectivity index (χ4v) is 2.14. The lowest BCUT2D eigenvalue weighted by Gasteiger charge is -1.98. The van der Waals surface area contributed by atoms with Crippen molar-refractivity contribution in [1.82, 2.24) is 19.9 Å². The van der Waals surface area contributed by atoms with Gasteiger partial charge in [0.2, 0.25) is 0 Å². The molecule has 2 N–H and O–H groups in total. The molecular weight excluding hydrogens is 248 g/mol. The van der Waals surface area contributed by atoms with E-state index in [2.05, 4.69) is 19.9 Å². The van der Waals surface area contributed by atoms with Crippen LogP contribution < -0.4 is 5.73 Å². The maximum atomic E-state index is 8.70. The number of pyridine rings is 1. The smallest absolute Gasteiger partial charge is 0.191 e. The highest BCUT2D eigenvalue weighted by atomic mass is 32.1. The van der Waals surface area contributed by atoms with E-state index in [4.69, 9.17) is 11.0 Å². The zero-order valence-corrected chi connectivity index (χ0v) is 9.85. The minimum atomic E-state index is 0.440. The molecule has 0 saturated carbocycles. The van der Waals surface area contributed by atoms with Crippen molar-refractivity contribution in [3.63, 3.8) is 0 Å². The van der Waals surface area contributed by atoms with Gasteiger partial charge >= 0.3 is 0 Å². The van der Waals surface area contributed by atoms with E-state index in [1.165, 1.54) is 17.5 Å². The van der Waals surface area contributed by atoms with E-state index in [1.807, 2.05) is 6.07 Å². The van der Waals surface area contributed by atoms with Crippen molar-refractivity contribution in [1.29, 1.82) is 5.26 Å². The number of hydrogen-bond donors (Lipinski definition) is 1. The Hall–Kier alpha value is -2.59. The van der Waals surface area contributed by atoms with E-state index >= 15 is 0 Å². The van der Waals surface area contributed by atoms with Gasteiger partial charge in [-0.15, -0.1) is 0 Å². The van der Waals surface area contributed by atoms with Crippen molar-refractivity contribution in [2.45, 2.75) is 0 Å². The Labute approximate surface area is 106 Å². The van der Waals surface area contributed by atoms with E-state index in [0.29, 0.717) is 32.6 Å². The van der Waals surface area contributed by atoms with Crippen molar-refractivity contribution in [2.24, 2.45) is 0 Å². The minimum Gasteiger partial charge on any atom is -0.375 e. The van der Waals surface area contributed by atoms with Gasteiger partial charge in [0, 0.05) is 6.20 Å². The van der Waals surface area contributed by atoms with Gasteiger partial charge in [0.1, 0.15) is 11.8 Å². The van der Waals surface area contributed by atoms with Crippen LogP contribution in [0.15, 0.2) is 24.5 Å². The second-order valence-corrected chi connectivity index (χ2v) is 4.49. The lowest BCUT2D eigenvalue weighted by molar-refractivity contribution is 1.22. The molecule has 18 heavy (non-hydrogen) atoms. The van der Waals surface area contributed by atoms with Crippen LogP contribution in [0.1, 0.15) is 5.56 Å². The minimum absolute atomic E-state index is 0.440. The fraction of sp³-hybridized carbons (Fsp3) is 0.